The number of nitrogens with one attached hydrogen (secondary N) is 1. The Morgan fingerprint density at radius 2 is 1.69 bits per heavy atom. The Morgan fingerprint density at radius 1 is 1.07 bits per heavy atom. The molecular formula is C24H29N3O2. The van der Waals surface area contributed by atoms with Crippen molar-refractivity contribution in [3.05, 3.63) is 69.1 Å². The van der Waals surface area contributed by atoms with Crippen molar-refractivity contribution in [2.75, 3.05) is 5.32 Å². The van der Waals surface area contributed by atoms with E-state index < -0.39 is 0 Å². The third kappa shape index (κ3) is 3.95. The quantitative estimate of drug-likeness (QED) is 0.648. The maximum absolute atomic E-state index is 13.1. The molecule has 1 amide bonds. The zero-order chi connectivity index (χ0) is 21.3. The Labute approximate surface area is 171 Å². The van der Waals surface area contributed by atoms with Gasteiger partial charge in [-0.05, 0) is 55.0 Å². The molecule has 1 heterocycles. The van der Waals surface area contributed by atoms with E-state index in [1.165, 1.54) is 0 Å². The summed E-state index contributed by atoms with van der Waals surface area (Å²) >= 11 is 0. The largest absolute Gasteiger partial charge is 0.321 e. The molecular weight excluding hydrogens is 362 g/mol. The average molecular weight is 392 g/mol. The van der Waals surface area contributed by atoms with Crippen LogP contribution in [0.3, 0.4) is 0 Å². The zero-order valence-electron chi connectivity index (χ0n) is 18.0. The van der Waals surface area contributed by atoms with Crippen LogP contribution >= 0.6 is 0 Å². The van der Waals surface area contributed by atoms with Crippen molar-refractivity contribution >= 4 is 22.6 Å². The number of aryl methyl sites for hydroxylation is 2. The van der Waals surface area contributed by atoms with Crippen molar-refractivity contribution in [3.8, 4) is 0 Å². The maximum Gasteiger partial charge on any atom is 0.272 e. The van der Waals surface area contributed by atoms with Gasteiger partial charge in [-0.3, -0.25) is 9.59 Å². The van der Waals surface area contributed by atoms with Crippen molar-refractivity contribution < 1.29 is 4.79 Å². The summed E-state index contributed by atoms with van der Waals surface area (Å²) in [5.41, 5.74) is 5.40. The summed E-state index contributed by atoms with van der Waals surface area (Å²) in [4.78, 5) is 29.8. The van der Waals surface area contributed by atoms with Gasteiger partial charge in [0.25, 0.3) is 11.5 Å². The predicted molar refractivity (Wildman–Crippen MR) is 119 cm³/mol. The van der Waals surface area contributed by atoms with Crippen molar-refractivity contribution in [1.82, 2.24) is 9.55 Å². The van der Waals surface area contributed by atoms with Gasteiger partial charge in [-0.15, -0.1) is 0 Å². The summed E-state index contributed by atoms with van der Waals surface area (Å²) < 4.78 is 1.68. The molecule has 0 aliphatic carbocycles. The average Bonchev–Trinajstić information content (AvgIpc) is 2.68. The van der Waals surface area contributed by atoms with Gasteiger partial charge in [0.15, 0.2) is 0 Å². The third-order valence-electron chi connectivity index (χ3n) is 5.30. The molecule has 1 N–H and O–H groups in total. The summed E-state index contributed by atoms with van der Waals surface area (Å²) in [6, 6.07) is 11.5. The van der Waals surface area contributed by atoms with E-state index in [1.54, 1.807) is 29.7 Å². The number of carbonyl (C=O) groups excluding carboxylic acids is 1. The highest BCUT2D eigenvalue weighted by Gasteiger charge is 2.17. The number of nitrogens with zero attached hydrogens (tertiary/aromatic N) is 2. The van der Waals surface area contributed by atoms with E-state index in [4.69, 9.17) is 0 Å². The number of carbonyl (C=O) groups is 1. The van der Waals surface area contributed by atoms with Gasteiger partial charge in [-0.1, -0.05) is 45.9 Å². The number of para-hydroxylation sites is 1. The molecule has 3 aromatic rings. The Bertz CT molecular complexity index is 1100. The number of rotatable bonds is 5. The summed E-state index contributed by atoms with van der Waals surface area (Å²) in [6.07, 6.45) is 0. The number of fused-ring (bicyclic) bond motifs is 1. The molecule has 3 rings (SSSR count). The van der Waals surface area contributed by atoms with Crippen molar-refractivity contribution in [2.24, 2.45) is 0 Å². The van der Waals surface area contributed by atoms with Gasteiger partial charge in [-0.25, -0.2) is 4.98 Å². The lowest BCUT2D eigenvalue weighted by atomic mass is 9.92. The van der Waals surface area contributed by atoms with Gasteiger partial charge in [0.1, 0.15) is 5.69 Å². The number of hydrogen-bond acceptors (Lipinski definition) is 3. The highest BCUT2D eigenvalue weighted by molar-refractivity contribution is 6.06. The minimum absolute atomic E-state index is 0.0929. The van der Waals surface area contributed by atoms with Gasteiger partial charge in [0, 0.05) is 17.8 Å². The van der Waals surface area contributed by atoms with Crippen LogP contribution in [0.2, 0.25) is 0 Å². The summed E-state index contributed by atoms with van der Waals surface area (Å²) in [6.45, 7) is 12.7. The second-order valence-corrected chi connectivity index (χ2v) is 8.03. The van der Waals surface area contributed by atoms with Crippen molar-refractivity contribution in [3.63, 3.8) is 0 Å². The Balaban J connectivity index is 2.06. The van der Waals surface area contributed by atoms with Crippen LogP contribution in [0, 0.1) is 6.92 Å². The summed E-state index contributed by atoms with van der Waals surface area (Å²) in [7, 11) is 0. The third-order valence-corrected chi connectivity index (χ3v) is 5.30. The number of amides is 1. The van der Waals surface area contributed by atoms with Crippen LogP contribution < -0.4 is 10.9 Å². The summed E-state index contributed by atoms with van der Waals surface area (Å²) in [5.74, 6) is 0.420. The molecule has 0 spiro atoms. The lowest BCUT2D eigenvalue weighted by Crippen LogP contribution is -2.23. The molecule has 0 atom stereocenters. The molecule has 5 heteroatoms. The Morgan fingerprint density at radius 3 is 2.24 bits per heavy atom. The molecule has 29 heavy (non-hydrogen) atoms. The van der Waals surface area contributed by atoms with E-state index in [0.717, 1.165) is 22.3 Å². The standard InChI is InChI=1S/C24H29N3O2/c1-7-27-21-12-11-17(13-20(21)25-16(6)24(27)29)23(28)26-22-18(14(2)3)9-8-10-19(22)15(4)5/h8-15H,7H2,1-6H3,(H,26,28). The SMILES string of the molecule is CCn1c(=O)c(C)nc2cc(C(=O)Nc3c(C(C)C)cccc3C(C)C)ccc21. The van der Waals surface area contributed by atoms with E-state index >= 15 is 0 Å². The lowest BCUT2D eigenvalue weighted by Gasteiger charge is -2.20. The van der Waals surface area contributed by atoms with Gasteiger partial charge in [-0.2, -0.15) is 0 Å². The predicted octanol–water partition coefficient (Wildman–Crippen LogP) is 5.22. The van der Waals surface area contributed by atoms with Crippen LogP contribution in [0.15, 0.2) is 41.2 Å². The van der Waals surface area contributed by atoms with Gasteiger partial charge in [0.05, 0.1) is 11.0 Å². The monoisotopic (exact) mass is 391 g/mol. The highest BCUT2D eigenvalue weighted by atomic mass is 16.1. The molecule has 0 bridgehead atoms. The topological polar surface area (TPSA) is 64.0 Å². The van der Waals surface area contributed by atoms with Crippen LogP contribution in [-0.4, -0.2) is 15.5 Å². The van der Waals surface area contributed by atoms with E-state index in [-0.39, 0.29) is 11.5 Å². The minimum atomic E-state index is -0.171. The van der Waals surface area contributed by atoms with E-state index in [1.807, 2.05) is 13.0 Å². The molecule has 0 saturated heterocycles. The Hall–Kier alpha value is -2.95. The molecule has 0 aliphatic heterocycles. The molecule has 0 radical (unpaired) electrons. The first-order chi connectivity index (χ1) is 13.7. The maximum atomic E-state index is 13.1. The van der Waals surface area contributed by atoms with Crippen molar-refractivity contribution in [2.45, 2.75) is 59.9 Å². The van der Waals surface area contributed by atoms with Crippen LogP contribution in [0.5, 0.6) is 0 Å². The number of benzene rings is 2. The second-order valence-electron chi connectivity index (χ2n) is 8.03. The van der Waals surface area contributed by atoms with Gasteiger partial charge >= 0.3 is 0 Å². The molecule has 152 valence electrons. The van der Waals surface area contributed by atoms with E-state index in [2.05, 4.69) is 50.1 Å². The van der Waals surface area contributed by atoms with Crippen LogP contribution in [0.1, 0.15) is 73.6 Å². The van der Waals surface area contributed by atoms with Crippen molar-refractivity contribution in [1.29, 1.82) is 0 Å². The zero-order valence-corrected chi connectivity index (χ0v) is 18.0. The van der Waals surface area contributed by atoms with E-state index in [0.29, 0.717) is 35.2 Å². The molecule has 0 fully saturated rings. The van der Waals surface area contributed by atoms with Crippen LogP contribution in [0.25, 0.3) is 11.0 Å². The van der Waals surface area contributed by atoms with Crippen LogP contribution in [0.4, 0.5) is 5.69 Å². The molecule has 0 unspecified atom stereocenters. The number of aromatic nitrogens is 2. The molecule has 5 nitrogen and oxygen atoms in total. The van der Waals surface area contributed by atoms with Crippen LogP contribution in [-0.2, 0) is 6.54 Å². The summed E-state index contributed by atoms with van der Waals surface area (Å²) in [5, 5.41) is 3.14. The fraction of sp³-hybridized carbons (Fsp3) is 0.375. The fourth-order valence-corrected chi connectivity index (χ4v) is 3.71. The number of hydrogen-bond donors (Lipinski definition) is 1. The molecule has 0 aliphatic rings. The minimum Gasteiger partial charge on any atom is -0.321 e. The first-order valence-electron chi connectivity index (χ1n) is 10.2. The van der Waals surface area contributed by atoms with Gasteiger partial charge in [0.2, 0.25) is 0 Å². The molecule has 1 aromatic heterocycles. The fourth-order valence-electron chi connectivity index (χ4n) is 3.71. The van der Waals surface area contributed by atoms with E-state index in [9.17, 15) is 9.59 Å². The first-order valence-corrected chi connectivity index (χ1v) is 10.2. The lowest BCUT2D eigenvalue weighted by molar-refractivity contribution is 0.102. The number of anilines is 1. The second kappa shape index (κ2) is 8.19. The van der Waals surface area contributed by atoms with Gasteiger partial charge < -0.3 is 9.88 Å². The normalized spacial score (nSPS) is 11.4. The smallest absolute Gasteiger partial charge is 0.272 e. The Kier molecular flexibility index (Phi) is 5.87. The molecule has 0 saturated carbocycles. The molecule has 2 aromatic carbocycles. The first kappa shape index (κ1) is 20.8. The highest BCUT2D eigenvalue weighted by Crippen LogP contribution is 2.32.